The normalized spacial score (nSPS) is 20.3. The van der Waals surface area contributed by atoms with E-state index in [1.54, 1.807) is 77.0 Å². The van der Waals surface area contributed by atoms with Gasteiger partial charge in [0.25, 0.3) is 0 Å². The van der Waals surface area contributed by atoms with Crippen LogP contribution < -0.4 is 0 Å². The zero-order valence-electron chi connectivity index (χ0n) is 19.7. The summed E-state index contributed by atoms with van der Waals surface area (Å²) in [7, 11) is 12.5. The van der Waals surface area contributed by atoms with Crippen molar-refractivity contribution < 1.29 is 13.5 Å². The molecule has 2 aromatic rings. The van der Waals surface area contributed by atoms with Crippen LogP contribution in [-0.2, 0) is 13.5 Å². The van der Waals surface area contributed by atoms with Crippen LogP contribution in [0.25, 0.3) is 0 Å². The van der Waals surface area contributed by atoms with Gasteiger partial charge in [-0.05, 0) is 55.5 Å². The van der Waals surface area contributed by atoms with Gasteiger partial charge >= 0.3 is 115 Å². The van der Waals surface area contributed by atoms with Gasteiger partial charge in [-0.3, -0.25) is 0 Å². The summed E-state index contributed by atoms with van der Waals surface area (Å²) >= 11 is -1.79. The van der Waals surface area contributed by atoms with Crippen LogP contribution in [0.2, 0.25) is 0 Å². The van der Waals surface area contributed by atoms with Crippen LogP contribution in [0.3, 0.4) is 0 Å². The summed E-state index contributed by atoms with van der Waals surface area (Å²) in [6.07, 6.45) is 19.0. The van der Waals surface area contributed by atoms with E-state index in [1.807, 2.05) is 36.4 Å². The second-order valence-electron chi connectivity index (χ2n) is 9.88. The zero-order chi connectivity index (χ0) is 22.9. The van der Waals surface area contributed by atoms with Gasteiger partial charge in [-0.2, -0.15) is 0 Å². The van der Waals surface area contributed by atoms with Crippen molar-refractivity contribution in [1.82, 2.24) is 0 Å². The van der Waals surface area contributed by atoms with Crippen LogP contribution in [0, 0.1) is 0 Å². The molecule has 5 rings (SSSR count). The molecule has 0 saturated heterocycles. The minimum atomic E-state index is -1.79. The molecule has 3 saturated carbocycles. The molecule has 0 nitrogen and oxygen atoms in total. The van der Waals surface area contributed by atoms with E-state index in [2.05, 4.69) is 28.9 Å². The first-order chi connectivity index (χ1) is 16.2. The summed E-state index contributed by atoms with van der Waals surface area (Å²) in [5.74, 6) is 0.200. The molecule has 3 aliphatic carbocycles. The van der Waals surface area contributed by atoms with Gasteiger partial charge in [-0.1, -0.05) is 46.4 Å². The third-order valence-corrected chi connectivity index (χ3v) is 13.9. The first kappa shape index (κ1) is 26.0. The van der Waals surface area contributed by atoms with Crippen molar-refractivity contribution in [2.75, 3.05) is 0 Å². The Morgan fingerprint density at radius 3 is 1.24 bits per heavy atom. The summed E-state index contributed by atoms with van der Waals surface area (Å²) in [4.78, 5) is 0. The summed E-state index contributed by atoms with van der Waals surface area (Å²) in [6.45, 7) is 0. The fraction of sp³-hybridized carbons (Fsp3) is 0.552. The van der Waals surface area contributed by atoms with Crippen molar-refractivity contribution in [3.63, 3.8) is 0 Å². The van der Waals surface area contributed by atoms with Crippen LogP contribution in [0.5, 0.6) is 0 Å². The molecule has 0 radical (unpaired) electrons. The van der Waals surface area contributed by atoms with Crippen molar-refractivity contribution in [3.05, 3.63) is 71.8 Å². The van der Waals surface area contributed by atoms with Crippen molar-refractivity contribution >= 4 is 31.9 Å². The zero-order valence-corrected chi connectivity index (χ0v) is 23.8. The predicted molar refractivity (Wildman–Crippen MR) is 146 cm³/mol. The van der Waals surface area contributed by atoms with Gasteiger partial charge in [0.1, 0.15) is 0 Å². The van der Waals surface area contributed by atoms with E-state index in [-0.39, 0.29) is 5.92 Å². The molecule has 182 valence electrons. The molecule has 2 aromatic carbocycles. The number of hydrogen-bond donors (Lipinski definition) is 0. The van der Waals surface area contributed by atoms with Crippen LogP contribution >= 0.6 is 27.3 Å². The fourth-order valence-corrected chi connectivity index (χ4v) is 13.1. The maximum atomic E-state index is 6.03. The SMILES string of the molecule is C1CCC(P(C2CCCC2)C2CCCC2)C1.[Cl][Ru]([Cl])=[CH]C(c1ccccc1)c1ccccc1. The molecular formula is C29H39Cl2PRu. The van der Waals surface area contributed by atoms with Crippen LogP contribution in [0.15, 0.2) is 60.7 Å². The second-order valence-corrected chi connectivity index (χ2v) is 18.8. The Bertz CT molecular complexity index is 757. The molecule has 0 atom stereocenters. The molecule has 3 aliphatic rings. The topological polar surface area (TPSA) is 0 Å². The van der Waals surface area contributed by atoms with Crippen molar-refractivity contribution in [2.24, 2.45) is 0 Å². The summed E-state index contributed by atoms with van der Waals surface area (Å²) < 4.78 is 2.08. The Balaban J connectivity index is 0.000000157. The molecule has 0 heterocycles. The molecule has 0 aromatic heterocycles. The van der Waals surface area contributed by atoms with Crippen LogP contribution in [0.1, 0.15) is 94.1 Å². The first-order valence-corrected chi connectivity index (χ1v) is 20.0. The fourth-order valence-electron chi connectivity index (χ4n) is 6.24. The monoisotopic (exact) mass is 590 g/mol. The standard InChI is InChI=1S/C15H27P.C14H12.2ClH.Ru/c1-2-8-13(7-1)16(14-9-3-4-10-14)15-11-5-6-12-15;1-12(13-8-4-2-5-9-13)14-10-6-3-7-11-14;;;/h13-15H,1-12H2;1-12H;2*1H;/q;;;;+2/p-2. The summed E-state index contributed by atoms with van der Waals surface area (Å²) in [6, 6.07) is 20.6. The molecule has 0 N–H and O–H groups in total. The molecular weight excluding hydrogens is 551 g/mol. The average Bonchev–Trinajstić information content (AvgIpc) is 3.64. The maximum absolute atomic E-state index is 6.03. The first-order valence-electron chi connectivity index (χ1n) is 12.9. The Morgan fingerprint density at radius 1 is 0.606 bits per heavy atom. The van der Waals surface area contributed by atoms with Crippen LogP contribution in [-0.4, -0.2) is 21.6 Å². The molecule has 0 bridgehead atoms. The van der Waals surface area contributed by atoms with Gasteiger partial charge in [0.05, 0.1) is 0 Å². The number of halogens is 2. The molecule has 0 amide bonds. The van der Waals surface area contributed by atoms with Crippen molar-refractivity contribution in [2.45, 2.75) is 99.9 Å². The average molecular weight is 591 g/mol. The van der Waals surface area contributed by atoms with E-state index < -0.39 is 13.5 Å². The Labute approximate surface area is 216 Å². The molecule has 3 fully saturated rings. The Hall–Kier alpha value is -0.0566. The van der Waals surface area contributed by atoms with Gasteiger partial charge in [0, 0.05) is 0 Å². The van der Waals surface area contributed by atoms with E-state index in [9.17, 15) is 0 Å². The van der Waals surface area contributed by atoms with Gasteiger partial charge in [0.15, 0.2) is 0 Å². The molecule has 4 heteroatoms. The molecule has 0 unspecified atom stereocenters. The Morgan fingerprint density at radius 2 is 0.939 bits per heavy atom. The van der Waals surface area contributed by atoms with Crippen molar-refractivity contribution in [3.8, 4) is 0 Å². The van der Waals surface area contributed by atoms with Gasteiger partial charge in [-0.15, -0.1) is 0 Å². The van der Waals surface area contributed by atoms with E-state index in [4.69, 9.17) is 19.4 Å². The third-order valence-electron chi connectivity index (χ3n) is 7.76. The van der Waals surface area contributed by atoms with Gasteiger partial charge < -0.3 is 0 Å². The molecule has 33 heavy (non-hydrogen) atoms. The van der Waals surface area contributed by atoms with E-state index in [0.29, 0.717) is 7.92 Å². The van der Waals surface area contributed by atoms with Crippen molar-refractivity contribution in [1.29, 1.82) is 0 Å². The summed E-state index contributed by atoms with van der Waals surface area (Å²) in [5, 5.41) is 0. The Kier molecular flexibility index (Phi) is 10.9. The molecule has 0 spiro atoms. The minimum absolute atomic E-state index is 0.200. The number of hydrogen-bond acceptors (Lipinski definition) is 0. The van der Waals surface area contributed by atoms with Gasteiger partial charge in [-0.25, -0.2) is 0 Å². The second kappa shape index (κ2) is 13.9. The van der Waals surface area contributed by atoms with E-state index in [1.165, 1.54) is 28.1 Å². The number of benzene rings is 2. The third kappa shape index (κ3) is 7.71. The van der Waals surface area contributed by atoms with E-state index in [0.717, 1.165) is 0 Å². The molecule has 0 aliphatic heterocycles. The van der Waals surface area contributed by atoms with Crippen LogP contribution in [0.4, 0.5) is 0 Å². The van der Waals surface area contributed by atoms with E-state index >= 15 is 0 Å². The summed E-state index contributed by atoms with van der Waals surface area (Å²) in [5.41, 5.74) is 6.10. The quantitative estimate of drug-likeness (QED) is 0.232. The number of rotatable bonds is 6. The predicted octanol–water partition coefficient (Wildman–Crippen LogP) is 9.84. The van der Waals surface area contributed by atoms with Gasteiger partial charge in [0.2, 0.25) is 0 Å².